The second-order valence-corrected chi connectivity index (χ2v) is 7.41. The number of ether oxygens (including phenoxy) is 2. The minimum atomic E-state index is -0.0920. The Morgan fingerprint density at radius 3 is 2.00 bits per heavy atom. The van der Waals surface area contributed by atoms with Crippen molar-refractivity contribution in [1.82, 2.24) is 0 Å². The van der Waals surface area contributed by atoms with Gasteiger partial charge in [-0.25, -0.2) is 0 Å². The van der Waals surface area contributed by atoms with E-state index in [-0.39, 0.29) is 23.7 Å². The van der Waals surface area contributed by atoms with E-state index in [4.69, 9.17) is 9.47 Å². The summed E-state index contributed by atoms with van der Waals surface area (Å²) in [6, 6.07) is 13.1. The van der Waals surface area contributed by atoms with Gasteiger partial charge in [-0.1, -0.05) is 18.2 Å². The number of hydrogen-bond donors (Lipinski definition) is 2. The van der Waals surface area contributed by atoms with Gasteiger partial charge >= 0.3 is 0 Å². The molecule has 0 heterocycles. The second-order valence-electron chi connectivity index (χ2n) is 7.41. The third-order valence-corrected chi connectivity index (χ3v) is 5.52. The van der Waals surface area contributed by atoms with E-state index in [0.29, 0.717) is 42.9 Å². The number of benzene rings is 2. The van der Waals surface area contributed by atoms with E-state index >= 15 is 0 Å². The Hall–Kier alpha value is -3.02. The number of methoxy groups -OCH3 is 2. The Labute approximate surface area is 171 Å². The molecule has 2 aromatic carbocycles. The van der Waals surface area contributed by atoms with Gasteiger partial charge in [0.2, 0.25) is 11.8 Å². The van der Waals surface area contributed by atoms with Crippen LogP contribution in [-0.4, -0.2) is 26.0 Å². The molecule has 1 aliphatic rings. The van der Waals surface area contributed by atoms with E-state index in [1.165, 1.54) is 0 Å². The van der Waals surface area contributed by atoms with Gasteiger partial charge < -0.3 is 20.1 Å². The summed E-state index contributed by atoms with van der Waals surface area (Å²) in [6.45, 7) is 1.98. The van der Waals surface area contributed by atoms with Crippen LogP contribution < -0.4 is 20.1 Å². The molecule has 29 heavy (non-hydrogen) atoms. The maximum Gasteiger partial charge on any atom is 0.227 e. The van der Waals surface area contributed by atoms with Crippen molar-refractivity contribution in [2.24, 2.45) is 11.8 Å². The predicted molar refractivity (Wildman–Crippen MR) is 113 cm³/mol. The van der Waals surface area contributed by atoms with Crippen molar-refractivity contribution in [3.8, 4) is 11.5 Å². The maximum absolute atomic E-state index is 12.7. The summed E-state index contributed by atoms with van der Waals surface area (Å²) in [6.07, 6.45) is 2.82. The van der Waals surface area contributed by atoms with Gasteiger partial charge in [0.15, 0.2) is 11.5 Å². The first-order valence-corrected chi connectivity index (χ1v) is 9.91. The van der Waals surface area contributed by atoms with Gasteiger partial charge in [-0.15, -0.1) is 0 Å². The minimum Gasteiger partial charge on any atom is -0.493 e. The lowest BCUT2D eigenvalue weighted by atomic mass is 9.81. The number of para-hydroxylation sites is 1. The molecule has 0 aliphatic heterocycles. The van der Waals surface area contributed by atoms with Gasteiger partial charge in [0.05, 0.1) is 14.2 Å². The van der Waals surface area contributed by atoms with E-state index in [0.717, 1.165) is 11.3 Å². The molecule has 6 heteroatoms. The second kappa shape index (κ2) is 9.45. The maximum atomic E-state index is 12.7. The third kappa shape index (κ3) is 5.08. The van der Waals surface area contributed by atoms with Crippen LogP contribution in [0.5, 0.6) is 11.5 Å². The normalized spacial score (nSPS) is 18.6. The molecule has 0 spiro atoms. The van der Waals surface area contributed by atoms with Gasteiger partial charge in [-0.05, 0) is 56.4 Å². The van der Waals surface area contributed by atoms with Gasteiger partial charge in [0.25, 0.3) is 0 Å². The summed E-state index contributed by atoms with van der Waals surface area (Å²) < 4.78 is 10.5. The third-order valence-electron chi connectivity index (χ3n) is 5.52. The van der Waals surface area contributed by atoms with Crippen LogP contribution in [0.1, 0.15) is 31.2 Å². The molecule has 6 nitrogen and oxygen atoms in total. The molecular weight excluding hydrogens is 368 g/mol. The van der Waals surface area contributed by atoms with Crippen LogP contribution in [-0.2, 0) is 9.59 Å². The van der Waals surface area contributed by atoms with E-state index in [9.17, 15) is 9.59 Å². The fourth-order valence-electron chi connectivity index (χ4n) is 3.72. The summed E-state index contributed by atoms with van der Waals surface area (Å²) in [5, 5.41) is 5.98. The predicted octanol–water partition coefficient (Wildman–Crippen LogP) is 4.40. The van der Waals surface area contributed by atoms with Gasteiger partial charge in [-0.3, -0.25) is 9.59 Å². The number of hydrogen-bond acceptors (Lipinski definition) is 4. The first kappa shape index (κ1) is 20.7. The highest BCUT2D eigenvalue weighted by Crippen LogP contribution is 2.33. The Balaban J connectivity index is 1.53. The van der Waals surface area contributed by atoms with Crippen molar-refractivity contribution >= 4 is 23.2 Å². The van der Waals surface area contributed by atoms with E-state index < -0.39 is 0 Å². The molecule has 0 unspecified atom stereocenters. The van der Waals surface area contributed by atoms with Gasteiger partial charge in [0, 0.05) is 29.3 Å². The molecule has 0 radical (unpaired) electrons. The van der Waals surface area contributed by atoms with E-state index in [1.54, 1.807) is 32.4 Å². The molecular formula is C23H28N2O4. The number of rotatable bonds is 6. The molecule has 2 amide bonds. The fraction of sp³-hybridized carbons (Fsp3) is 0.391. The number of carbonyl (C=O) groups excluding carboxylic acids is 2. The largest absolute Gasteiger partial charge is 0.493 e. The number of carbonyl (C=O) groups is 2. The van der Waals surface area contributed by atoms with Crippen LogP contribution in [0.15, 0.2) is 42.5 Å². The number of aryl methyl sites for hydroxylation is 1. The van der Waals surface area contributed by atoms with Crippen molar-refractivity contribution in [3.63, 3.8) is 0 Å². The van der Waals surface area contributed by atoms with Crippen molar-refractivity contribution in [2.45, 2.75) is 32.6 Å². The molecule has 3 rings (SSSR count). The molecule has 1 fully saturated rings. The van der Waals surface area contributed by atoms with E-state index in [1.807, 2.05) is 31.2 Å². The smallest absolute Gasteiger partial charge is 0.227 e. The number of nitrogens with one attached hydrogen (secondary N) is 2. The zero-order valence-electron chi connectivity index (χ0n) is 17.2. The average molecular weight is 396 g/mol. The molecule has 0 aromatic heterocycles. The topological polar surface area (TPSA) is 76.7 Å². The molecule has 0 bridgehead atoms. The molecule has 1 aliphatic carbocycles. The quantitative estimate of drug-likeness (QED) is 0.759. The first-order valence-electron chi connectivity index (χ1n) is 9.91. The lowest BCUT2D eigenvalue weighted by molar-refractivity contribution is -0.125. The Kier molecular flexibility index (Phi) is 6.75. The molecule has 1 saturated carbocycles. The number of anilines is 2. The minimum absolute atomic E-state index is 0.0185. The summed E-state index contributed by atoms with van der Waals surface area (Å²) in [5.74, 6) is 1.06. The van der Waals surface area contributed by atoms with Crippen LogP contribution in [0, 0.1) is 18.8 Å². The van der Waals surface area contributed by atoms with Crippen LogP contribution >= 0.6 is 0 Å². The summed E-state index contributed by atoms with van der Waals surface area (Å²) in [7, 11) is 3.14. The summed E-state index contributed by atoms with van der Waals surface area (Å²) in [5.41, 5.74) is 2.57. The summed E-state index contributed by atoms with van der Waals surface area (Å²) in [4.78, 5) is 25.2. The Morgan fingerprint density at radius 1 is 0.828 bits per heavy atom. The van der Waals surface area contributed by atoms with Crippen LogP contribution in [0.25, 0.3) is 0 Å². The SMILES string of the molecule is COc1ccc(NC(=O)C2CCC(C(=O)Nc3ccccc3C)CC2)cc1OC. The number of amides is 2. The van der Waals surface area contributed by atoms with E-state index in [2.05, 4.69) is 10.6 Å². The molecule has 0 atom stereocenters. The molecule has 0 saturated heterocycles. The van der Waals surface area contributed by atoms with Gasteiger partial charge in [0.1, 0.15) is 0 Å². The van der Waals surface area contributed by atoms with Crippen molar-refractivity contribution in [3.05, 3.63) is 48.0 Å². The average Bonchev–Trinajstić information content (AvgIpc) is 2.75. The van der Waals surface area contributed by atoms with Gasteiger partial charge in [-0.2, -0.15) is 0 Å². The highest BCUT2D eigenvalue weighted by atomic mass is 16.5. The van der Waals surface area contributed by atoms with Crippen LogP contribution in [0.3, 0.4) is 0 Å². The van der Waals surface area contributed by atoms with Crippen LogP contribution in [0.4, 0.5) is 11.4 Å². The molecule has 154 valence electrons. The fourth-order valence-corrected chi connectivity index (χ4v) is 3.72. The Morgan fingerprint density at radius 2 is 1.41 bits per heavy atom. The van der Waals surface area contributed by atoms with Crippen molar-refractivity contribution < 1.29 is 19.1 Å². The van der Waals surface area contributed by atoms with Crippen molar-refractivity contribution in [2.75, 3.05) is 24.9 Å². The molecule has 2 aromatic rings. The zero-order chi connectivity index (χ0) is 20.8. The lowest BCUT2D eigenvalue weighted by Crippen LogP contribution is -2.32. The highest BCUT2D eigenvalue weighted by Gasteiger charge is 2.30. The van der Waals surface area contributed by atoms with Crippen LogP contribution in [0.2, 0.25) is 0 Å². The summed E-state index contributed by atoms with van der Waals surface area (Å²) >= 11 is 0. The van der Waals surface area contributed by atoms with Crippen molar-refractivity contribution in [1.29, 1.82) is 0 Å². The monoisotopic (exact) mass is 396 g/mol. The zero-order valence-corrected chi connectivity index (χ0v) is 17.2. The highest BCUT2D eigenvalue weighted by molar-refractivity contribution is 5.95. The molecule has 2 N–H and O–H groups in total. The Bertz CT molecular complexity index is 873. The standard InChI is InChI=1S/C23H28N2O4/c1-15-6-4-5-7-19(15)25-23(27)17-10-8-16(9-11-17)22(26)24-18-12-13-20(28-2)21(14-18)29-3/h4-7,12-14,16-17H,8-11H2,1-3H3,(H,24,26)(H,25,27). The first-order chi connectivity index (χ1) is 14.0. The lowest BCUT2D eigenvalue weighted by Gasteiger charge is -2.27.